The van der Waals surface area contributed by atoms with Gasteiger partial charge in [-0.3, -0.25) is 4.98 Å². The van der Waals surface area contributed by atoms with Gasteiger partial charge < -0.3 is 10.1 Å². The fourth-order valence-corrected chi connectivity index (χ4v) is 2.90. The van der Waals surface area contributed by atoms with Crippen LogP contribution >= 0.6 is 11.8 Å². The summed E-state index contributed by atoms with van der Waals surface area (Å²) in [5.41, 5.74) is 1.24. The van der Waals surface area contributed by atoms with Gasteiger partial charge in [0.15, 0.2) is 0 Å². The highest BCUT2D eigenvalue weighted by Gasteiger charge is 2.12. The van der Waals surface area contributed by atoms with E-state index in [0.717, 1.165) is 29.5 Å². The molecule has 0 saturated carbocycles. The van der Waals surface area contributed by atoms with E-state index in [9.17, 15) is 0 Å². The van der Waals surface area contributed by atoms with E-state index >= 15 is 0 Å². The van der Waals surface area contributed by atoms with Crippen molar-refractivity contribution < 1.29 is 4.74 Å². The predicted octanol–water partition coefficient (Wildman–Crippen LogP) is 3.32. The summed E-state index contributed by atoms with van der Waals surface area (Å²) < 4.78 is 5.32. The quantitative estimate of drug-likeness (QED) is 0.758. The lowest BCUT2D eigenvalue weighted by Gasteiger charge is -2.19. The maximum Gasteiger partial charge on any atom is 0.119 e. The third-order valence-electron chi connectivity index (χ3n) is 3.07. The van der Waals surface area contributed by atoms with Crippen LogP contribution in [0, 0.1) is 0 Å². The van der Waals surface area contributed by atoms with Crippen molar-refractivity contribution in [3.05, 3.63) is 48.4 Å². The molecule has 0 bridgehead atoms. The molecule has 1 atom stereocenters. The Morgan fingerprint density at radius 1 is 1.33 bits per heavy atom. The van der Waals surface area contributed by atoms with Crippen molar-refractivity contribution in [2.24, 2.45) is 0 Å². The van der Waals surface area contributed by atoms with Gasteiger partial charge in [0.05, 0.1) is 13.3 Å². The van der Waals surface area contributed by atoms with Gasteiger partial charge in [0.1, 0.15) is 10.8 Å². The van der Waals surface area contributed by atoms with E-state index in [4.69, 9.17) is 4.74 Å². The number of nitrogens with zero attached hydrogens (tertiary/aromatic N) is 2. The predicted molar refractivity (Wildman–Crippen MR) is 86.8 cm³/mol. The Morgan fingerprint density at radius 3 is 2.95 bits per heavy atom. The summed E-state index contributed by atoms with van der Waals surface area (Å²) in [6, 6.07) is 8.49. The summed E-state index contributed by atoms with van der Waals surface area (Å²) in [7, 11) is 1.70. The zero-order valence-electron chi connectivity index (χ0n) is 12.5. The van der Waals surface area contributed by atoms with Crippen LogP contribution in [0.15, 0.2) is 47.9 Å². The van der Waals surface area contributed by atoms with Crippen LogP contribution < -0.4 is 10.1 Å². The molecule has 0 saturated heterocycles. The average Bonchev–Trinajstić information content (AvgIpc) is 2.56. The second kappa shape index (κ2) is 8.64. The van der Waals surface area contributed by atoms with Crippen molar-refractivity contribution in [2.45, 2.75) is 24.4 Å². The maximum absolute atomic E-state index is 5.32. The number of nitrogens with one attached hydrogen (secondary N) is 1. The highest BCUT2D eigenvalue weighted by molar-refractivity contribution is 7.99. The van der Waals surface area contributed by atoms with E-state index < -0.39 is 0 Å². The summed E-state index contributed by atoms with van der Waals surface area (Å²) >= 11 is 1.71. The molecule has 5 heteroatoms. The number of benzene rings is 1. The van der Waals surface area contributed by atoms with Crippen LogP contribution in [0.5, 0.6) is 5.75 Å². The molecule has 2 aromatic rings. The van der Waals surface area contributed by atoms with Gasteiger partial charge in [0.2, 0.25) is 0 Å². The molecule has 2 rings (SSSR count). The molecule has 1 aromatic carbocycles. The molecule has 0 amide bonds. The van der Waals surface area contributed by atoms with Crippen LogP contribution in [0.2, 0.25) is 0 Å². The first-order valence-corrected chi connectivity index (χ1v) is 8.08. The van der Waals surface area contributed by atoms with E-state index in [1.807, 2.05) is 12.1 Å². The van der Waals surface area contributed by atoms with Crippen molar-refractivity contribution in [2.75, 3.05) is 19.4 Å². The van der Waals surface area contributed by atoms with E-state index in [0.29, 0.717) is 0 Å². The molecule has 4 nitrogen and oxygen atoms in total. The minimum atomic E-state index is 0.270. The fraction of sp³-hybridized carbons (Fsp3) is 0.375. The van der Waals surface area contributed by atoms with Crippen molar-refractivity contribution >= 4 is 11.8 Å². The number of aromatic nitrogens is 2. The van der Waals surface area contributed by atoms with Gasteiger partial charge in [0, 0.05) is 24.2 Å². The molecule has 0 spiro atoms. The number of hydrogen-bond acceptors (Lipinski definition) is 5. The van der Waals surface area contributed by atoms with Crippen LogP contribution in [0.3, 0.4) is 0 Å². The van der Waals surface area contributed by atoms with Gasteiger partial charge >= 0.3 is 0 Å². The van der Waals surface area contributed by atoms with Crippen LogP contribution in [0.4, 0.5) is 0 Å². The number of thioether (sulfide) groups is 1. The van der Waals surface area contributed by atoms with Gasteiger partial charge in [-0.2, -0.15) is 0 Å². The largest absolute Gasteiger partial charge is 0.497 e. The van der Waals surface area contributed by atoms with Gasteiger partial charge in [-0.05, 0) is 30.7 Å². The lowest BCUT2D eigenvalue weighted by molar-refractivity contribution is 0.413. The normalized spacial score (nSPS) is 12.1. The molecular weight excluding hydrogens is 282 g/mol. The van der Waals surface area contributed by atoms with Gasteiger partial charge in [-0.1, -0.05) is 19.1 Å². The third kappa shape index (κ3) is 5.02. The zero-order valence-corrected chi connectivity index (χ0v) is 13.3. The molecule has 1 heterocycles. The minimum Gasteiger partial charge on any atom is -0.497 e. The standard InChI is InChI=1S/C16H21N3OS/c1-3-7-18-15(12-21-16-11-17-8-9-19-16)13-5-4-6-14(10-13)20-2/h4-6,8-11,15,18H,3,7,12H2,1-2H3. The molecular formula is C16H21N3OS. The zero-order chi connectivity index (χ0) is 14.9. The highest BCUT2D eigenvalue weighted by atomic mass is 32.2. The second-order valence-electron chi connectivity index (χ2n) is 4.64. The summed E-state index contributed by atoms with van der Waals surface area (Å²) in [5, 5.41) is 4.53. The number of methoxy groups -OCH3 is 1. The van der Waals surface area contributed by atoms with Gasteiger partial charge in [0.25, 0.3) is 0 Å². The maximum atomic E-state index is 5.32. The Balaban J connectivity index is 2.06. The molecule has 21 heavy (non-hydrogen) atoms. The van der Waals surface area contributed by atoms with Gasteiger partial charge in [-0.25, -0.2) is 4.98 Å². The van der Waals surface area contributed by atoms with E-state index in [-0.39, 0.29) is 6.04 Å². The molecule has 0 aliphatic rings. The Bertz CT molecular complexity index is 536. The molecule has 112 valence electrons. The number of hydrogen-bond donors (Lipinski definition) is 1. The van der Waals surface area contributed by atoms with Crippen molar-refractivity contribution in [1.29, 1.82) is 0 Å². The van der Waals surface area contributed by atoms with E-state index in [2.05, 4.69) is 34.3 Å². The molecule has 1 aromatic heterocycles. The minimum absolute atomic E-state index is 0.270. The fourth-order valence-electron chi connectivity index (χ4n) is 1.98. The monoisotopic (exact) mass is 303 g/mol. The topological polar surface area (TPSA) is 47.0 Å². The average molecular weight is 303 g/mol. The van der Waals surface area contributed by atoms with Crippen molar-refractivity contribution in [3.8, 4) is 5.75 Å². The Hall–Kier alpha value is -1.59. The second-order valence-corrected chi connectivity index (χ2v) is 5.68. The van der Waals surface area contributed by atoms with Crippen LogP contribution in [-0.4, -0.2) is 29.4 Å². The first-order chi connectivity index (χ1) is 10.3. The van der Waals surface area contributed by atoms with E-state index in [1.165, 1.54) is 5.56 Å². The highest BCUT2D eigenvalue weighted by Crippen LogP contribution is 2.25. The molecule has 0 fully saturated rings. The molecule has 1 N–H and O–H groups in total. The smallest absolute Gasteiger partial charge is 0.119 e. The van der Waals surface area contributed by atoms with Crippen LogP contribution in [0.1, 0.15) is 24.9 Å². The summed E-state index contributed by atoms with van der Waals surface area (Å²) in [6.07, 6.45) is 6.32. The number of rotatable bonds is 8. The van der Waals surface area contributed by atoms with Gasteiger partial charge in [-0.15, -0.1) is 11.8 Å². The van der Waals surface area contributed by atoms with Crippen molar-refractivity contribution in [1.82, 2.24) is 15.3 Å². The SMILES string of the molecule is CCCNC(CSc1cnccn1)c1cccc(OC)c1. The summed E-state index contributed by atoms with van der Waals surface area (Å²) in [5.74, 6) is 1.80. The molecule has 0 radical (unpaired) electrons. The lowest BCUT2D eigenvalue weighted by Crippen LogP contribution is -2.24. The Morgan fingerprint density at radius 2 is 2.24 bits per heavy atom. The van der Waals surface area contributed by atoms with Crippen LogP contribution in [0.25, 0.3) is 0 Å². The van der Waals surface area contributed by atoms with E-state index in [1.54, 1.807) is 37.5 Å². The Labute approximate surface area is 130 Å². The van der Waals surface area contributed by atoms with Crippen LogP contribution in [-0.2, 0) is 0 Å². The molecule has 0 aliphatic carbocycles. The lowest BCUT2D eigenvalue weighted by atomic mass is 10.1. The molecule has 1 unspecified atom stereocenters. The third-order valence-corrected chi connectivity index (χ3v) is 4.08. The summed E-state index contributed by atoms with van der Waals surface area (Å²) in [4.78, 5) is 8.41. The summed E-state index contributed by atoms with van der Waals surface area (Å²) in [6.45, 7) is 3.16. The Kier molecular flexibility index (Phi) is 6.50. The first-order valence-electron chi connectivity index (χ1n) is 7.09. The van der Waals surface area contributed by atoms with Crippen molar-refractivity contribution in [3.63, 3.8) is 0 Å². The number of ether oxygens (including phenoxy) is 1. The molecule has 0 aliphatic heterocycles. The first kappa shape index (κ1) is 15.8.